The second-order valence-electron chi connectivity index (χ2n) is 4.52. The van der Waals surface area contributed by atoms with Crippen LogP contribution in [-0.2, 0) is 0 Å². The maximum atomic E-state index is 13.6. The van der Waals surface area contributed by atoms with E-state index in [1.54, 1.807) is 6.92 Å². The third-order valence-corrected chi connectivity index (χ3v) is 4.84. The number of anilines is 1. The highest BCUT2D eigenvalue weighted by Crippen LogP contribution is 2.30. The number of benzene rings is 1. The summed E-state index contributed by atoms with van der Waals surface area (Å²) < 4.78 is 26.7. The summed E-state index contributed by atoms with van der Waals surface area (Å²) in [7, 11) is 0. The van der Waals surface area contributed by atoms with E-state index in [2.05, 4.69) is 10.3 Å². The SMILES string of the molecule is Cc1nc(-c2ccsc2)sc1C(=O)Nc1cc(F)ccc1F. The summed E-state index contributed by atoms with van der Waals surface area (Å²) in [6.45, 7) is 1.71. The monoisotopic (exact) mass is 336 g/mol. The van der Waals surface area contributed by atoms with Crippen LogP contribution in [0, 0.1) is 18.6 Å². The molecule has 0 atom stereocenters. The van der Waals surface area contributed by atoms with Gasteiger partial charge in [0.2, 0.25) is 0 Å². The van der Waals surface area contributed by atoms with Crippen molar-refractivity contribution in [2.75, 3.05) is 5.32 Å². The third-order valence-electron chi connectivity index (χ3n) is 2.95. The number of thiazole rings is 1. The first kappa shape index (κ1) is 14.8. The maximum Gasteiger partial charge on any atom is 0.267 e. The summed E-state index contributed by atoms with van der Waals surface area (Å²) >= 11 is 2.76. The van der Waals surface area contributed by atoms with Crippen LogP contribution >= 0.6 is 22.7 Å². The molecule has 0 unspecified atom stereocenters. The lowest BCUT2D eigenvalue weighted by molar-refractivity contribution is 0.102. The lowest BCUT2D eigenvalue weighted by Crippen LogP contribution is -2.12. The molecule has 0 aliphatic rings. The van der Waals surface area contributed by atoms with Crippen LogP contribution in [0.1, 0.15) is 15.4 Å². The maximum absolute atomic E-state index is 13.6. The van der Waals surface area contributed by atoms with E-state index >= 15 is 0 Å². The van der Waals surface area contributed by atoms with Gasteiger partial charge in [0.25, 0.3) is 5.91 Å². The number of nitrogens with zero attached hydrogens (tertiary/aromatic N) is 1. The van der Waals surface area contributed by atoms with Gasteiger partial charge in [-0.1, -0.05) is 0 Å². The van der Waals surface area contributed by atoms with E-state index in [9.17, 15) is 13.6 Å². The van der Waals surface area contributed by atoms with Crippen molar-refractivity contribution in [3.05, 3.63) is 57.2 Å². The highest BCUT2D eigenvalue weighted by atomic mass is 32.1. The number of aromatic nitrogens is 1. The number of halogens is 2. The quantitative estimate of drug-likeness (QED) is 0.752. The van der Waals surface area contributed by atoms with Crippen LogP contribution in [0.2, 0.25) is 0 Å². The molecule has 0 bridgehead atoms. The predicted octanol–water partition coefficient (Wildman–Crippen LogP) is 4.71. The third kappa shape index (κ3) is 2.90. The number of carbonyl (C=O) groups is 1. The summed E-state index contributed by atoms with van der Waals surface area (Å²) in [5.74, 6) is -1.80. The minimum Gasteiger partial charge on any atom is -0.319 e. The Balaban J connectivity index is 1.88. The molecular formula is C15H10F2N2OS2. The van der Waals surface area contributed by atoms with Crippen molar-refractivity contribution in [3.8, 4) is 10.6 Å². The van der Waals surface area contributed by atoms with Gasteiger partial charge in [-0.05, 0) is 30.5 Å². The second kappa shape index (κ2) is 5.94. The Morgan fingerprint density at radius 2 is 2.09 bits per heavy atom. The molecule has 3 aromatic rings. The average Bonchev–Trinajstić information content (AvgIpc) is 3.11. The van der Waals surface area contributed by atoms with E-state index in [4.69, 9.17) is 0 Å². The van der Waals surface area contributed by atoms with Crippen molar-refractivity contribution in [3.63, 3.8) is 0 Å². The van der Waals surface area contributed by atoms with Gasteiger partial charge < -0.3 is 5.32 Å². The van der Waals surface area contributed by atoms with Crippen LogP contribution in [0.25, 0.3) is 10.6 Å². The molecule has 0 aliphatic carbocycles. The first-order chi connectivity index (χ1) is 10.5. The van der Waals surface area contributed by atoms with Gasteiger partial charge >= 0.3 is 0 Å². The Kier molecular flexibility index (Phi) is 4.00. The molecule has 0 saturated heterocycles. The summed E-state index contributed by atoms with van der Waals surface area (Å²) in [6.07, 6.45) is 0. The Hall–Kier alpha value is -2.12. The van der Waals surface area contributed by atoms with Crippen LogP contribution in [0.15, 0.2) is 35.0 Å². The Labute approximate surface area is 133 Å². The molecule has 1 amide bonds. The standard InChI is InChI=1S/C15H10F2N2OS2/c1-8-13(22-15(18-8)9-4-5-21-7-9)14(20)19-12-6-10(16)2-3-11(12)17/h2-7H,1H3,(H,19,20). The fourth-order valence-corrected chi connectivity index (χ4v) is 3.56. The predicted molar refractivity (Wildman–Crippen MR) is 84.5 cm³/mol. The zero-order chi connectivity index (χ0) is 15.7. The summed E-state index contributed by atoms with van der Waals surface area (Å²) in [6, 6.07) is 4.83. The van der Waals surface area contributed by atoms with Gasteiger partial charge in [0.15, 0.2) is 0 Å². The fourth-order valence-electron chi connectivity index (χ4n) is 1.89. The minimum atomic E-state index is -0.685. The number of aryl methyl sites for hydroxylation is 1. The molecule has 112 valence electrons. The molecule has 0 saturated carbocycles. The summed E-state index contributed by atoms with van der Waals surface area (Å²) in [5, 5.41) is 6.97. The molecule has 0 fully saturated rings. The molecular weight excluding hydrogens is 326 g/mol. The minimum absolute atomic E-state index is 0.185. The van der Waals surface area contributed by atoms with Crippen molar-refractivity contribution >= 4 is 34.3 Å². The van der Waals surface area contributed by atoms with Crippen LogP contribution < -0.4 is 5.32 Å². The first-order valence-corrected chi connectivity index (χ1v) is 8.07. The molecule has 3 nitrogen and oxygen atoms in total. The number of nitrogens with one attached hydrogen (secondary N) is 1. The van der Waals surface area contributed by atoms with Crippen LogP contribution in [0.4, 0.5) is 14.5 Å². The van der Waals surface area contributed by atoms with Gasteiger partial charge in [-0.3, -0.25) is 4.79 Å². The molecule has 2 heterocycles. The van der Waals surface area contributed by atoms with Gasteiger partial charge in [-0.25, -0.2) is 13.8 Å². The molecule has 3 rings (SSSR count). The van der Waals surface area contributed by atoms with Gasteiger partial charge in [0.1, 0.15) is 21.5 Å². The number of carbonyl (C=O) groups excluding carboxylic acids is 1. The highest BCUT2D eigenvalue weighted by molar-refractivity contribution is 7.17. The van der Waals surface area contributed by atoms with Crippen molar-refractivity contribution in [1.29, 1.82) is 0 Å². The zero-order valence-corrected chi connectivity index (χ0v) is 13.0. The van der Waals surface area contributed by atoms with Crippen molar-refractivity contribution < 1.29 is 13.6 Å². The Morgan fingerprint density at radius 3 is 2.82 bits per heavy atom. The molecule has 22 heavy (non-hydrogen) atoms. The number of thiophene rings is 1. The smallest absolute Gasteiger partial charge is 0.267 e. The molecule has 0 radical (unpaired) electrons. The zero-order valence-electron chi connectivity index (χ0n) is 11.4. The number of hydrogen-bond acceptors (Lipinski definition) is 4. The summed E-state index contributed by atoms with van der Waals surface area (Å²) in [5.41, 5.74) is 1.31. The van der Waals surface area contributed by atoms with E-state index in [0.29, 0.717) is 10.6 Å². The summed E-state index contributed by atoms with van der Waals surface area (Å²) in [4.78, 5) is 17.0. The van der Waals surface area contributed by atoms with Gasteiger partial charge in [-0.15, -0.1) is 11.3 Å². The van der Waals surface area contributed by atoms with Crippen molar-refractivity contribution in [1.82, 2.24) is 4.98 Å². The molecule has 7 heteroatoms. The molecule has 2 aromatic heterocycles. The molecule has 1 aromatic carbocycles. The van der Waals surface area contributed by atoms with Crippen molar-refractivity contribution in [2.45, 2.75) is 6.92 Å². The van der Waals surface area contributed by atoms with Crippen LogP contribution in [0.3, 0.4) is 0 Å². The molecule has 0 aliphatic heterocycles. The largest absolute Gasteiger partial charge is 0.319 e. The van der Waals surface area contributed by atoms with E-state index in [0.717, 1.165) is 28.8 Å². The van der Waals surface area contributed by atoms with Gasteiger partial charge in [0.05, 0.1) is 11.4 Å². The van der Waals surface area contributed by atoms with E-state index < -0.39 is 17.5 Å². The van der Waals surface area contributed by atoms with Crippen molar-refractivity contribution in [2.24, 2.45) is 0 Å². The van der Waals surface area contributed by atoms with Crippen LogP contribution in [-0.4, -0.2) is 10.9 Å². The number of hydrogen-bond donors (Lipinski definition) is 1. The van der Waals surface area contributed by atoms with Crippen LogP contribution in [0.5, 0.6) is 0 Å². The topological polar surface area (TPSA) is 42.0 Å². The number of rotatable bonds is 3. The molecule has 1 N–H and O–H groups in total. The fraction of sp³-hybridized carbons (Fsp3) is 0.0667. The second-order valence-corrected chi connectivity index (χ2v) is 6.30. The lowest BCUT2D eigenvalue weighted by Gasteiger charge is -2.05. The number of amides is 1. The normalized spacial score (nSPS) is 10.7. The van der Waals surface area contributed by atoms with E-state index in [1.165, 1.54) is 22.7 Å². The van der Waals surface area contributed by atoms with E-state index in [-0.39, 0.29) is 5.69 Å². The Bertz CT molecular complexity index is 828. The molecule has 0 spiro atoms. The van der Waals surface area contributed by atoms with E-state index in [1.807, 2.05) is 16.8 Å². The lowest BCUT2D eigenvalue weighted by atomic mass is 10.3. The van der Waals surface area contributed by atoms with Gasteiger partial charge in [0, 0.05) is 17.0 Å². The first-order valence-electron chi connectivity index (χ1n) is 6.31. The van der Waals surface area contributed by atoms with Gasteiger partial charge in [-0.2, -0.15) is 11.3 Å². The Morgan fingerprint density at radius 1 is 1.27 bits per heavy atom. The average molecular weight is 336 g/mol. The highest BCUT2D eigenvalue weighted by Gasteiger charge is 2.18.